The van der Waals surface area contributed by atoms with Crippen LogP contribution in [-0.4, -0.2) is 35.8 Å². The Hall–Kier alpha value is -2.50. The Bertz CT molecular complexity index is 730. The number of ether oxygens (including phenoxy) is 1. The van der Waals surface area contributed by atoms with Crippen molar-refractivity contribution in [3.63, 3.8) is 0 Å². The molecular formula is C21H30N4O2. The van der Waals surface area contributed by atoms with E-state index in [0.717, 1.165) is 43.7 Å². The lowest BCUT2D eigenvalue weighted by atomic mass is 10.1. The zero-order valence-electron chi connectivity index (χ0n) is 16.4. The quantitative estimate of drug-likeness (QED) is 0.660. The molecule has 1 aromatic carbocycles. The summed E-state index contributed by atoms with van der Waals surface area (Å²) in [5.41, 5.74) is 4.42. The van der Waals surface area contributed by atoms with Gasteiger partial charge in [0.25, 0.3) is 0 Å². The Balaban J connectivity index is 1.66. The predicted octanol–water partition coefficient (Wildman–Crippen LogP) is 4.52. The SMILES string of the molecule is CCCCCCOC(=O)N(CC)c1ccc2c(c1)N(Cc1c[nH]cn1)CC2. The molecule has 1 aromatic heterocycles. The molecule has 6 nitrogen and oxygen atoms in total. The predicted molar refractivity (Wildman–Crippen MR) is 108 cm³/mol. The standard InChI is InChI=1S/C21H30N4O2/c1-3-5-6-7-12-27-21(26)25(4-2)19-9-8-17-10-11-24(20(17)13-19)15-18-14-22-16-23-18/h8-9,13-14,16H,3-7,10-12,15H2,1-2H3,(H,22,23). The molecule has 0 fully saturated rings. The number of unbranched alkanes of at least 4 members (excludes halogenated alkanes) is 3. The van der Waals surface area contributed by atoms with Crippen LogP contribution in [-0.2, 0) is 17.7 Å². The number of hydrogen-bond donors (Lipinski definition) is 1. The molecule has 6 heteroatoms. The Morgan fingerprint density at radius 2 is 2.19 bits per heavy atom. The first-order valence-electron chi connectivity index (χ1n) is 10.0. The van der Waals surface area contributed by atoms with Crippen LogP contribution in [0.1, 0.15) is 50.8 Å². The van der Waals surface area contributed by atoms with Gasteiger partial charge in [-0.1, -0.05) is 32.3 Å². The number of nitrogens with zero attached hydrogens (tertiary/aromatic N) is 3. The molecule has 0 radical (unpaired) electrons. The van der Waals surface area contributed by atoms with E-state index in [2.05, 4.69) is 33.9 Å². The highest BCUT2D eigenvalue weighted by atomic mass is 16.6. The molecule has 0 atom stereocenters. The van der Waals surface area contributed by atoms with Gasteiger partial charge in [-0.15, -0.1) is 0 Å². The van der Waals surface area contributed by atoms with E-state index in [0.29, 0.717) is 13.2 Å². The molecule has 1 N–H and O–H groups in total. The van der Waals surface area contributed by atoms with E-state index >= 15 is 0 Å². The van der Waals surface area contributed by atoms with Gasteiger partial charge < -0.3 is 14.6 Å². The monoisotopic (exact) mass is 370 g/mol. The molecule has 3 rings (SSSR count). The molecule has 0 saturated carbocycles. The second-order valence-corrected chi connectivity index (χ2v) is 6.96. The molecule has 0 aliphatic carbocycles. The summed E-state index contributed by atoms with van der Waals surface area (Å²) in [4.78, 5) is 23.9. The number of aromatic nitrogens is 2. The summed E-state index contributed by atoms with van der Waals surface area (Å²) in [7, 11) is 0. The maximum Gasteiger partial charge on any atom is 0.414 e. The number of nitrogens with one attached hydrogen (secondary N) is 1. The smallest absolute Gasteiger partial charge is 0.414 e. The van der Waals surface area contributed by atoms with Crippen molar-refractivity contribution in [3.05, 3.63) is 42.0 Å². The molecule has 0 bridgehead atoms. The average molecular weight is 370 g/mol. The summed E-state index contributed by atoms with van der Waals surface area (Å²) in [6.45, 7) is 6.98. The second kappa shape index (κ2) is 9.44. The first-order valence-corrected chi connectivity index (χ1v) is 10.0. The van der Waals surface area contributed by atoms with Crippen LogP contribution in [0.4, 0.5) is 16.2 Å². The zero-order valence-corrected chi connectivity index (χ0v) is 16.4. The van der Waals surface area contributed by atoms with E-state index < -0.39 is 0 Å². The van der Waals surface area contributed by atoms with Crippen molar-refractivity contribution < 1.29 is 9.53 Å². The minimum Gasteiger partial charge on any atom is -0.449 e. The number of anilines is 2. The molecular weight excluding hydrogens is 340 g/mol. The number of H-pyrrole nitrogens is 1. The summed E-state index contributed by atoms with van der Waals surface area (Å²) in [5.74, 6) is 0. The highest BCUT2D eigenvalue weighted by Gasteiger charge is 2.23. The number of benzene rings is 1. The fraction of sp³-hybridized carbons (Fsp3) is 0.524. The first kappa shape index (κ1) is 19.3. The third-order valence-corrected chi connectivity index (χ3v) is 5.04. The normalized spacial score (nSPS) is 12.9. The number of aromatic amines is 1. The number of fused-ring (bicyclic) bond motifs is 1. The van der Waals surface area contributed by atoms with Crippen molar-refractivity contribution in [3.8, 4) is 0 Å². The largest absolute Gasteiger partial charge is 0.449 e. The maximum absolute atomic E-state index is 12.5. The molecule has 1 amide bonds. The lowest BCUT2D eigenvalue weighted by Gasteiger charge is -2.23. The Kier molecular flexibility index (Phi) is 6.74. The van der Waals surface area contributed by atoms with E-state index in [1.54, 1.807) is 11.2 Å². The van der Waals surface area contributed by atoms with E-state index in [4.69, 9.17) is 4.74 Å². The van der Waals surface area contributed by atoms with E-state index in [1.165, 1.54) is 24.1 Å². The fourth-order valence-electron chi connectivity index (χ4n) is 3.52. The highest BCUT2D eigenvalue weighted by Crippen LogP contribution is 2.33. The Morgan fingerprint density at radius 1 is 1.30 bits per heavy atom. The first-order chi connectivity index (χ1) is 13.2. The number of carbonyl (C=O) groups is 1. The fourth-order valence-corrected chi connectivity index (χ4v) is 3.52. The van der Waals surface area contributed by atoms with Gasteiger partial charge in [0.1, 0.15) is 0 Å². The molecule has 0 unspecified atom stereocenters. The molecule has 0 spiro atoms. The molecule has 27 heavy (non-hydrogen) atoms. The van der Waals surface area contributed by atoms with Crippen LogP contribution in [0.25, 0.3) is 0 Å². The average Bonchev–Trinajstić information content (AvgIpc) is 3.33. The van der Waals surface area contributed by atoms with Gasteiger partial charge in [0.05, 0.1) is 25.2 Å². The van der Waals surface area contributed by atoms with Crippen molar-refractivity contribution in [1.82, 2.24) is 9.97 Å². The number of rotatable bonds is 9. The van der Waals surface area contributed by atoms with Crippen LogP contribution in [0.2, 0.25) is 0 Å². The van der Waals surface area contributed by atoms with Crippen molar-refractivity contribution in [2.45, 2.75) is 52.5 Å². The molecule has 146 valence electrons. The lowest BCUT2D eigenvalue weighted by Crippen LogP contribution is -2.31. The number of hydrogen-bond acceptors (Lipinski definition) is 4. The van der Waals surface area contributed by atoms with Gasteiger partial charge in [0, 0.05) is 30.7 Å². The molecule has 1 aliphatic heterocycles. The summed E-state index contributed by atoms with van der Waals surface area (Å²) < 4.78 is 5.49. The third-order valence-electron chi connectivity index (χ3n) is 5.04. The second-order valence-electron chi connectivity index (χ2n) is 6.96. The molecule has 2 heterocycles. The van der Waals surface area contributed by atoms with Crippen LogP contribution in [0.3, 0.4) is 0 Å². The van der Waals surface area contributed by atoms with E-state index in [-0.39, 0.29) is 6.09 Å². The van der Waals surface area contributed by atoms with Crippen LogP contribution in [0.15, 0.2) is 30.7 Å². The number of amides is 1. The minimum absolute atomic E-state index is 0.259. The van der Waals surface area contributed by atoms with Crippen molar-refractivity contribution >= 4 is 17.5 Å². The highest BCUT2D eigenvalue weighted by molar-refractivity contribution is 5.88. The number of imidazole rings is 1. The number of carbonyl (C=O) groups excluding carboxylic acids is 1. The summed E-state index contributed by atoms with van der Waals surface area (Å²) in [6, 6.07) is 6.27. The van der Waals surface area contributed by atoms with Gasteiger partial charge in [-0.3, -0.25) is 4.90 Å². The summed E-state index contributed by atoms with van der Waals surface area (Å²) >= 11 is 0. The van der Waals surface area contributed by atoms with Gasteiger partial charge in [-0.2, -0.15) is 0 Å². The van der Waals surface area contributed by atoms with Crippen LogP contribution in [0.5, 0.6) is 0 Å². The molecule has 0 saturated heterocycles. The van der Waals surface area contributed by atoms with Crippen molar-refractivity contribution in [1.29, 1.82) is 0 Å². The van der Waals surface area contributed by atoms with E-state index in [1.807, 2.05) is 19.2 Å². The van der Waals surface area contributed by atoms with Gasteiger partial charge in [-0.05, 0) is 37.5 Å². The topological polar surface area (TPSA) is 61.5 Å². The third kappa shape index (κ3) is 4.81. The van der Waals surface area contributed by atoms with Crippen LogP contribution in [0, 0.1) is 0 Å². The van der Waals surface area contributed by atoms with Crippen LogP contribution >= 0.6 is 0 Å². The Labute approximate surface area is 161 Å². The van der Waals surface area contributed by atoms with E-state index in [9.17, 15) is 4.79 Å². The zero-order chi connectivity index (χ0) is 19.1. The maximum atomic E-state index is 12.5. The van der Waals surface area contributed by atoms with Crippen molar-refractivity contribution in [2.75, 3.05) is 29.5 Å². The van der Waals surface area contributed by atoms with Gasteiger partial charge in [-0.25, -0.2) is 9.78 Å². The Morgan fingerprint density at radius 3 is 2.93 bits per heavy atom. The lowest BCUT2D eigenvalue weighted by molar-refractivity contribution is 0.151. The van der Waals surface area contributed by atoms with Crippen LogP contribution < -0.4 is 9.80 Å². The van der Waals surface area contributed by atoms with Gasteiger partial charge >= 0.3 is 6.09 Å². The van der Waals surface area contributed by atoms with Gasteiger partial charge in [0.15, 0.2) is 0 Å². The molecule has 1 aliphatic rings. The van der Waals surface area contributed by atoms with Gasteiger partial charge in [0.2, 0.25) is 0 Å². The summed E-state index contributed by atoms with van der Waals surface area (Å²) in [6.07, 6.45) is 8.80. The summed E-state index contributed by atoms with van der Waals surface area (Å²) in [5, 5.41) is 0. The minimum atomic E-state index is -0.259. The molecule has 2 aromatic rings. The van der Waals surface area contributed by atoms with Crippen molar-refractivity contribution in [2.24, 2.45) is 0 Å².